The number of carbonyl (C=O) groups is 2. The number of unbranched alkanes of at least 4 members (excludes halogenated alkanes) is 7. The zero-order valence-electron chi connectivity index (χ0n) is 17.0. The molecule has 4 heteroatoms. The number of ether oxygens (including phenoxy) is 1. The molecule has 0 radical (unpaired) electrons. The molecule has 0 aliphatic rings. The third-order valence-electron chi connectivity index (χ3n) is 4.91. The Morgan fingerprint density at radius 3 is 2.32 bits per heavy atom. The van der Waals surface area contributed by atoms with E-state index in [1.165, 1.54) is 38.5 Å². The van der Waals surface area contributed by atoms with Crippen LogP contribution in [0, 0.1) is 0 Å². The lowest BCUT2D eigenvalue weighted by molar-refractivity contribution is -0.143. The Morgan fingerprint density at radius 2 is 1.54 bits per heavy atom. The minimum atomic E-state index is -0.249. The van der Waals surface area contributed by atoms with E-state index in [-0.39, 0.29) is 24.8 Å². The molecule has 1 amide bonds. The molecule has 1 N–H and O–H groups in total. The summed E-state index contributed by atoms with van der Waals surface area (Å²) in [6.07, 6.45) is 9.95. The van der Waals surface area contributed by atoms with Crippen molar-refractivity contribution in [2.24, 2.45) is 0 Å². The molecule has 0 atom stereocenters. The Kier molecular flexibility index (Phi) is 10.1. The van der Waals surface area contributed by atoms with Crippen LogP contribution >= 0.6 is 0 Å². The Labute approximate surface area is 168 Å². The summed E-state index contributed by atoms with van der Waals surface area (Å²) < 4.78 is 5.25. The Bertz CT molecular complexity index is 736. The van der Waals surface area contributed by atoms with E-state index in [4.69, 9.17) is 4.74 Å². The quantitative estimate of drug-likeness (QED) is 0.359. The van der Waals surface area contributed by atoms with Crippen LogP contribution in [0.2, 0.25) is 0 Å². The molecular formula is C24H33NO3. The number of rotatable bonds is 13. The molecule has 2 rings (SSSR count). The van der Waals surface area contributed by atoms with Gasteiger partial charge in [-0.25, -0.2) is 0 Å². The summed E-state index contributed by atoms with van der Waals surface area (Å²) in [5.41, 5.74) is 0.630. The van der Waals surface area contributed by atoms with E-state index in [0.29, 0.717) is 12.2 Å². The molecule has 0 heterocycles. The van der Waals surface area contributed by atoms with Crippen molar-refractivity contribution in [2.45, 2.75) is 64.7 Å². The van der Waals surface area contributed by atoms with Gasteiger partial charge in [-0.3, -0.25) is 9.59 Å². The molecule has 0 spiro atoms. The first-order valence-electron chi connectivity index (χ1n) is 10.6. The monoisotopic (exact) mass is 383 g/mol. The average Bonchev–Trinajstić information content (AvgIpc) is 2.72. The molecule has 28 heavy (non-hydrogen) atoms. The van der Waals surface area contributed by atoms with Crippen molar-refractivity contribution in [3.05, 3.63) is 48.0 Å². The molecule has 0 fully saturated rings. The van der Waals surface area contributed by atoms with Gasteiger partial charge in [0.25, 0.3) is 5.91 Å². The second kappa shape index (κ2) is 12.9. The van der Waals surface area contributed by atoms with Gasteiger partial charge in [0.2, 0.25) is 0 Å². The number of hydrogen-bond donors (Lipinski definition) is 1. The van der Waals surface area contributed by atoms with Gasteiger partial charge in [0.1, 0.15) is 0 Å². The molecule has 0 saturated heterocycles. The minimum absolute atomic E-state index is 0.160. The molecule has 2 aromatic rings. The van der Waals surface area contributed by atoms with E-state index in [9.17, 15) is 9.59 Å². The fourth-order valence-electron chi connectivity index (χ4n) is 3.29. The van der Waals surface area contributed by atoms with Crippen molar-refractivity contribution in [1.29, 1.82) is 0 Å². The van der Waals surface area contributed by atoms with Crippen molar-refractivity contribution in [2.75, 3.05) is 13.2 Å². The van der Waals surface area contributed by atoms with E-state index in [1.54, 1.807) is 6.07 Å². The summed E-state index contributed by atoms with van der Waals surface area (Å²) in [4.78, 5) is 24.2. The summed E-state index contributed by atoms with van der Waals surface area (Å²) in [6, 6.07) is 13.4. The molecule has 0 unspecified atom stereocenters. The number of fused-ring (bicyclic) bond motifs is 1. The van der Waals surface area contributed by atoms with Crippen molar-refractivity contribution in [3.8, 4) is 0 Å². The molecule has 0 aliphatic carbocycles. The van der Waals surface area contributed by atoms with Crippen LogP contribution in [0.4, 0.5) is 0 Å². The average molecular weight is 384 g/mol. The van der Waals surface area contributed by atoms with Crippen molar-refractivity contribution < 1.29 is 14.3 Å². The van der Waals surface area contributed by atoms with Crippen molar-refractivity contribution in [3.63, 3.8) is 0 Å². The maximum Gasteiger partial charge on any atom is 0.307 e. The summed E-state index contributed by atoms with van der Waals surface area (Å²) >= 11 is 0. The highest BCUT2D eigenvalue weighted by molar-refractivity contribution is 6.07. The first-order chi connectivity index (χ1) is 13.7. The van der Waals surface area contributed by atoms with E-state index in [1.807, 2.05) is 36.4 Å². The highest BCUT2D eigenvalue weighted by Crippen LogP contribution is 2.18. The molecule has 0 aromatic heterocycles. The highest BCUT2D eigenvalue weighted by Gasteiger charge is 2.10. The fraction of sp³-hybridized carbons (Fsp3) is 0.500. The molecule has 0 saturated carbocycles. The van der Waals surface area contributed by atoms with Crippen LogP contribution in [-0.4, -0.2) is 25.0 Å². The van der Waals surface area contributed by atoms with Crippen LogP contribution in [0.1, 0.15) is 75.1 Å². The minimum Gasteiger partial charge on any atom is -0.466 e. The van der Waals surface area contributed by atoms with Gasteiger partial charge in [-0.1, -0.05) is 88.3 Å². The van der Waals surface area contributed by atoms with E-state index in [0.717, 1.165) is 23.6 Å². The molecule has 152 valence electrons. The van der Waals surface area contributed by atoms with E-state index >= 15 is 0 Å². The number of amides is 1. The zero-order chi connectivity index (χ0) is 20.0. The van der Waals surface area contributed by atoms with Crippen LogP contribution in [-0.2, 0) is 9.53 Å². The van der Waals surface area contributed by atoms with Gasteiger partial charge in [0, 0.05) is 12.1 Å². The first-order valence-corrected chi connectivity index (χ1v) is 10.6. The highest BCUT2D eigenvalue weighted by atomic mass is 16.5. The molecule has 0 bridgehead atoms. The number of esters is 1. The Hall–Kier alpha value is -2.36. The molecule has 0 aliphatic heterocycles. The predicted octanol–water partition coefficient (Wildman–Crippen LogP) is 5.64. The maximum absolute atomic E-state index is 12.4. The van der Waals surface area contributed by atoms with E-state index in [2.05, 4.69) is 12.2 Å². The Balaban J connectivity index is 1.57. The van der Waals surface area contributed by atoms with E-state index < -0.39 is 0 Å². The lowest BCUT2D eigenvalue weighted by Gasteiger charge is -2.08. The fourth-order valence-corrected chi connectivity index (χ4v) is 3.29. The topological polar surface area (TPSA) is 55.4 Å². The lowest BCUT2D eigenvalue weighted by atomic mass is 10.0. The van der Waals surface area contributed by atoms with Gasteiger partial charge in [0.05, 0.1) is 13.0 Å². The third kappa shape index (κ3) is 7.71. The van der Waals surface area contributed by atoms with Gasteiger partial charge in [-0.2, -0.15) is 0 Å². The summed E-state index contributed by atoms with van der Waals surface area (Å²) in [5, 5.41) is 4.76. The summed E-state index contributed by atoms with van der Waals surface area (Å²) in [6.45, 7) is 2.99. The normalized spacial score (nSPS) is 10.8. The van der Waals surface area contributed by atoms with Gasteiger partial charge < -0.3 is 10.1 Å². The second-order valence-electron chi connectivity index (χ2n) is 7.23. The number of carbonyl (C=O) groups excluding carboxylic acids is 2. The summed E-state index contributed by atoms with van der Waals surface area (Å²) in [5.74, 6) is -0.408. The van der Waals surface area contributed by atoms with Crippen molar-refractivity contribution >= 4 is 22.6 Å². The largest absolute Gasteiger partial charge is 0.466 e. The van der Waals surface area contributed by atoms with Crippen LogP contribution in [0.25, 0.3) is 10.8 Å². The smallest absolute Gasteiger partial charge is 0.307 e. The van der Waals surface area contributed by atoms with Gasteiger partial charge in [0.15, 0.2) is 0 Å². The van der Waals surface area contributed by atoms with Gasteiger partial charge in [-0.05, 0) is 23.3 Å². The van der Waals surface area contributed by atoms with Crippen LogP contribution < -0.4 is 5.32 Å². The maximum atomic E-state index is 12.4. The van der Waals surface area contributed by atoms with Crippen LogP contribution in [0.15, 0.2) is 42.5 Å². The van der Waals surface area contributed by atoms with Crippen LogP contribution in [0.5, 0.6) is 0 Å². The molecule has 4 nitrogen and oxygen atoms in total. The number of benzene rings is 2. The van der Waals surface area contributed by atoms with Crippen molar-refractivity contribution in [1.82, 2.24) is 5.32 Å². The third-order valence-corrected chi connectivity index (χ3v) is 4.91. The number of hydrogen-bond acceptors (Lipinski definition) is 3. The van der Waals surface area contributed by atoms with Gasteiger partial charge >= 0.3 is 5.97 Å². The summed E-state index contributed by atoms with van der Waals surface area (Å²) in [7, 11) is 0. The van der Waals surface area contributed by atoms with Gasteiger partial charge in [-0.15, -0.1) is 0 Å². The Morgan fingerprint density at radius 1 is 0.857 bits per heavy atom. The number of nitrogens with one attached hydrogen (secondary N) is 1. The lowest BCUT2D eigenvalue weighted by Crippen LogP contribution is -2.26. The first kappa shape index (κ1) is 21.9. The standard InChI is InChI=1S/C24H33NO3/c1-2-3-4-5-6-7-8-11-19-28-23(26)17-18-25-24(27)22-16-12-14-20-13-9-10-15-21(20)22/h9-10,12-16H,2-8,11,17-19H2,1H3,(H,25,27). The zero-order valence-corrected chi connectivity index (χ0v) is 17.0. The molecular weight excluding hydrogens is 350 g/mol. The second-order valence-corrected chi connectivity index (χ2v) is 7.23. The van der Waals surface area contributed by atoms with Crippen LogP contribution in [0.3, 0.4) is 0 Å². The SMILES string of the molecule is CCCCCCCCCCOC(=O)CCNC(=O)c1cccc2ccccc12. The molecule has 2 aromatic carbocycles. The predicted molar refractivity (Wildman–Crippen MR) is 114 cm³/mol.